The third-order valence-electron chi connectivity index (χ3n) is 0. The van der Waals surface area contributed by atoms with Crippen molar-refractivity contribution in [3.63, 3.8) is 0 Å². The van der Waals surface area contributed by atoms with E-state index in [2.05, 4.69) is 0 Å². The Bertz CT molecular complexity index is 6.00. The van der Waals surface area contributed by atoms with Gasteiger partial charge >= 0.3 is 0 Å². The maximum atomic E-state index is 0. The first-order chi connectivity index (χ1) is 0. The first-order valence-electron chi connectivity index (χ1n) is 0. The van der Waals surface area contributed by atoms with E-state index in [1.807, 2.05) is 0 Å². The molecular weight excluding hydrogens is 257 g/mol. The van der Waals surface area contributed by atoms with Crippen molar-refractivity contribution in [1.29, 1.82) is 0 Å². The van der Waals surface area contributed by atoms with Gasteiger partial charge in [0.2, 0.25) is 0 Å². The quantitative estimate of drug-likeness (QED) is 0.451. The van der Waals surface area contributed by atoms with E-state index in [0.717, 1.165) is 0 Å². The Balaban J connectivity index is 0. The first-order valence-corrected chi connectivity index (χ1v) is 0. The van der Waals surface area contributed by atoms with E-state index in [9.17, 15) is 0 Å². The van der Waals surface area contributed by atoms with Crippen molar-refractivity contribution in [2.75, 3.05) is 0 Å². The minimum absolute atomic E-state index is 0. The molecule has 0 fully saturated rings. The molecule has 0 rings (SSSR count). The Morgan fingerprint density at radius 1 is 0.750 bits per heavy atom. The Kier molecular flexibility index (Phi) is 994. The molecule has 31 valence electrons. The van der Waals surface area contributed by atoms with Gasteiger partial charge in [-0.3, -0.25) is 0 Å². The fourth-order valence-electron chi connectivity index (χ4n) is 0. The number of hydrogen-bond donors (Lipinski definition) is 0. The molecule has 4 heavy (non-hydrogen) atoms. The standard InChI is InChI=1S/Au.2H2O.Si/h;2*1H2;. The van der Waals surface area contributed by atoms with Crippen LogP contribution >= 0.6 is 0 Å². The summed E-state index contributed by atoms with van der Waals surface area (Å²) in [5.41, 5.74) is 0. The molecule has 0 aliphatic carbocycles. The number of hydrogen-bond acceptors (Lipinski definition) is 0. The van der Waals surface area contributed by atoms with Crippen LogP contribution in [0.1, 0.15) is 0 Å². The van der Waals surface area contributed by atoms with E-state index in [4.69, 9.17) is 0 Å². The van der Waals surface area contributed by atoms with E-state index in [0.29, 0.717) is 0 Å². The van der Waals surface area contributed by atoms with Gasteiger partial charge in [-0.05, 0) is 0 Å². The van der Waals surface area contributed by atoms with Crippen LogP contribution in [-0.2, 0) is 22.4 Å². The van der Waals surface area contributed by atoms with Crippen LogP contribution < -0.4 is 0 Å². The number of rotatable bonds is 0. The maximum absolute atomic E-state index is 0. The zero-order valence-corrected chi connectivity index (χ0v) is 4.97. The summed E-state index contributed by atoms with van der Waals surface area (Å²) in [6.45, 7) is 0. The van der Waals surface area contributed by atoms with Crippen molar-refractivity contribution < 1.29 is 33.3 Å². The Morgan fingerprint density at radius 2 is 0.750 bits per heavy atom. The molecule has 0 aromatic heterocycles. The van der Waals surface area contributed by atoms with E-state index in [-0.39, 0.29) is 44.3 Å². The van der Waals surface area contributed by atoms with Crippen LogP contribution in [0.2, 0.25) is 0 Å². The molecule has 0 aliphatic rings. The topological polar surface area (TPSA) is 63.0 Å². The van der Waals surface area contributed by atoms with Crippen LogP contribution in [0.15, 0.2) is 0 Å². The summed E-state index contributed by atoms with van der Waals surface area (Å²) in [5.74, 6) is 0. The van der Waals surface area contributed by atoms with Gasteiger partial charge in [0.25, 0.3) is 0 Å². The molecule has 0 unspecified atom stereocenters. The van der Waals surface area contributed by atoms with Crippen LogP contribution in [0.25, 0.3) is 0 Å². The SMILES string of the molecule is O.O.[Au].[Si]. The van der Waals surface area contributed by atoms with E-state index in [1.165, 1.54) is 0 Å². The summed E-state index contributed by atoms with van der Waals surface area (Å²) >= 11 is 0. The third-order valence-corrected chi connectivity index (χ3v) is 0. The average Bonchev–Trinajstić information content (AvgIpc) is 0. The van der Waals surface area contributed by atoms with E-state index < -0.39 is 0 Å². The molecule has 5 radical (unpaired) electrons. The van der Waals surface area contributed by atoms with Crippen molar-refractivity contribution >= 4 is 11.0 Å². The van der Waals surface area contributed by atoms with Gasteiger partial charge in [0.05, 0.1) is 0 Å². The molecule has 0 saturated heterocycles. The van der Waals surface area contributed by atoms with E-state index >= 15 is 0 Å². The normalized spacial score (nSPS) is 0. The molecule has 2 nitrogen and oxygen atoms in total. The molecule has 0 amide bonds. The largest absolute Gasteiger partial charge is 0.412 e. The second kappa shape index (κ2) is 41.7. The van der Waals surface area contributed by atoms with Crippen molar-refractivity contribution in [2.45, 2.75) is 0 Å². The monoisotopic (exact) mass is 261 g/mol. The Morgan fingerprint density at radius 3 is 0.750 bits per heavy atom. The van der Waals surface area contributed by atoms with Crippen LogP contribution in [0.4, 0.5) is 0 Å². The third kappa shape index (κ3) is 13.2. The first kappa shape index (κ1) is 95.3. The fraction of sp³-hybridized carbons (Fsp3) is 0. The summed E-state index contributed by atoms with van der Waals surface area (Å²) in [4.78, 5) is 0. The Hall–Kier alpha value is 0.877. The van der Waals surface area contributed by atoms with E-state index in [1.54, 1.807) is 0 Å². The van der Waals surface area contributed by atoms with Gasteiger partial charge in [0, 0.05) is 33.3 Å². The van der Waals surface area contributed by atoms with Gasteiger partial charge in [-0.1, -0.05) is 0 Å². The zero-order valence-electron chi connectivity index (χ0n) is 1.80. The summed E-state index contributed by atoms with van der Waals surface area (Å²) in [6.07, 6.45) is 0. The average molecular weight is 261 g/mol. The molecule has 0 spiro atoms. The smallest absolute Gasteiger partial charge is 0 e. The summed E-state index contributed by atoms with van der Waals surface area (Å²) in [5, 5.41) is 0. The summed E-state index contributed by atoms with van der Waals surface area (Å²) < 4.78 is 0. The van der Waals surface area contributed by atoms with Crippen LogP contribution in [-0.4, -0.2) is 21.9 Å². The molecule has 0 bridgehead atoms. The Labute approximate surface area is 44.7 Å². The van der Waals surface area contributed by atoms with Crippen molar-refractivity contribution in [3.8, 4) is 0 Å². The van der Waals surface area contributed by atoms with Gasteiger partial charge in [-0.2, -0.15) is 0 Å². The van der Waals surface area contributed by atoms with Crippen LogP contribution in [0, 0.1) is 0 Å². The predicted molar refractivity (Wildman–Crippen MR) is 13.0 cm³/mol. The van der Waals surface area contributed by atoms with Gasteiger partial charge < -0.3 is 11.0 Å². The van der Waals surface area contributed by atoms with Gasteiger partial charge in [0.15, 0.2) is 0 Å². The van der Waals surface area contributed by atoms with Gasteiger partial charge in [-0.25, -0.2) is 0 Å². The maximum Gasteiger partial charge on any atom is 0 e. The van der Waals surface area contributed by atoms with Crippen LogP contribution in [0.3, 0.4) is 0 Å². The second-order valence-electron chi connectivity index (χ2n) is 0. The fourth-order valence-corrected chi connectivity index (χ4v) is 0. The molecular formula is H4AuO2Si. The summed E-state index contributed by atoms with van der Waals surface area (Å²) in [7, 11) is 0. The van der Waals surface area contributed by atoms with Gasteiger partial charge in [-0.15, -0.1) is 0 Å². The molecule has 0 heterocycles. The van der Waals surface area contributed by atoms with Crippen molar-refractivity contribution in [2.24, 2.45) is 0 Å². The molecule has 4 N–H and O–H groups in total. The molecule has 0 atom stereocenters. The minimum Gasteiger partial charge on any atom is -0.412 e. The van der Waals surface area contributed by atoms with Crippen LogP contribution in [0.5, 0.6) is 0 Å². The van der Waals surface area contributed by atoms with Gasteiger partial charge in [0.1, 0.15) is 0 Å². The molecule has 4 heteroatoms. The summed E-state index contributed by atoms with van der Waals surface area (Å²) in [6, 6.07) is 0. The predicted octanol–water partition coefficient (Wildman–Crippen LogP) is -2.03. The molecule has 0 aromatic rings. The minimum atomic E-state index is 0. The second-order valence-corrected chi connectivity index (χ2v) is 0. The zero-order chi connectivity index (χ0) is 0. The molecule has 0 saturated carbocycles. The molecule has 0 aliphatic heterocycles. The molecule has 0 aromatic carbocycles. The van der Waals surface area contributed by atoms with Crippen molar-refractivity contribution in [3.05, 3.63) is 0 Å². The van der Waals surface area contributed by atoms with Crippen molar-refractivity contribution in [1.82, 2.24) is 0 Å².